The number of rotatable bonds is 3. The van der Waals surface area contributed by atoms with Crippen LogP contribution in [0, 0.1) is 12.7 Å². The molecule has 2 nitrogen and oxygen atoms in total. The molecule has 1 atom stereocenters. The van der Waals surface area contributed by atoms with E-state index < -0.39 is 0 Å². The Morgan fingerprint density at radius 3 is 2.80 bits per heavy atom. The van der Waals surface area contributed by atoms with E-state index in [4.69, 9.17) is 0 Å². The number of nitrogens with zero attached hydrogens (tertiary/aromatic N) is 1. The number of fused-ring (bicyclic) bond motifs is 1. The van der Waals surface area contributed by atoms with Crippen LogP contribution in [0.5, 0.6) is 0 Å². The van der Waals surface area contributed by atoms with Gasteiger partial charge in [-0.3, -0.25) is 0 Å². The second-order valence-corrected chi connectivity index (χ2v) is 5.91. The average molecular weight is 286 g/mol. The summed E-state index contributed by atoms with van der Waals surface area (Å²) in [6.07, 6.45) is 0. The number of nitrogens with one attached hydrogen (secondary N) is 1. The van der Waals surface area contributed by atoms with Gasteiger partial charge in [0.2, 0.25) is 0 Å². The summed E-state index contributed by atoms with van der Waals surface area (Å²) in [5, 5.41) is 4.10. The Morgan fingerprint density at radius 1 is 1.20 bits per heavy atom. The summed E-state index contributed by atoms with van der Waals surface area (Å²) in [4.78, 5) is 4.53. The molecule has 20 heavy (non-hydrogen) atoms. The Kier molecular flexibility index (Phi) is 3.40. The number of anilines is 1. The van der Waals surface area contributed by atoms with Crippen molar-refractivity contribution in [2.75, 3.05) is 5.32 Å². The normalized spacial score (nSPS) is 12.6. The number of benzene rings is 2. The lowest BCUT2D eigenvalue weighted by molar-refractivity contribution is 0.600. The number of hydrogen-bond donors (Lipinski definition) is 1. The van der Waals surface area contributed by atoms with Crippen molar-refractivity contribution in [3.05, 3.63) is 59.4 Å². The van der Waals surface area contributed by atoms with Crippen LogP contribution in [0.15, 0.2) is 42.5 Å². The first kappa shape index (κ1) is 13.1. The van der Waals surface area contributed by atoms with Crippen LogP contribution in [0.25, 0.3) is 10.2 Å². The van der Waals surface area contributed by atoms with Crippen molar-refractivity contribution in [1.29, 1.82) is 0 Å². The van der Waals surface area contributed by atoms with E-state index in [2.05, 4.69) is 23.3 Å². The molecule has 0 bridgehead atoms. The van der Waals surface area contributed by atoms with Gasteiger partial charge in [-0.05, 0) is 37.6 Å². The highest BCUT2D eigenvalue weighted by atomic mass is 32.1. The quantitative estimate of drug-likeness (QED) is 0.739. The number of thiazole rings is 1. The van der Waals surface area contributed by atoms with Crippen LogP contribution in [0.2, 0.25) is 0 Å². The van der Waals surface area contributed by atoms with E-state index >= 15 is 0 Å². The van der Waals surface area contributed by atoms with Crippen LogP contribution in [-0.4, -0.2) is 4.98 Å². The summed E-state index contributed by atoms with van der Waals surface area (Å²) >= 11 is 1.60. The molecule has 0 aliphatic heterocycles. The molecule has 0 fully saturated rings. The van der Waals surface area contributed by atoms with Gasteiger partial charge in [0, 0.05) is 5.56 Å². The third kappa shape index (κ3) is 2.51. The van der Waals surface area contributed by atoms with Gasteiger partial charge < -0.3 is 5.32 Å². The predicted octanol–water partition coefficient (Wildman–Crippen LogP) is 4.92. The second-order valence-electron chi connectivity index (χ2n) is 4.88. The van der Waals surface area contributed by atoms with Gasteiger partial charge in [-0.15, -0.1) is 0 Å². The maximum absolute atomic E-state index is 13.7. The minimum atomic E-state index is -0.190. The molecule has 0 saturated carbocycles. The van der Waals surface area contributed by atoms with Crippen molar-refractivity contribution in [2.45, 2.75) is 19.9 Å². The molecule has 1 unspecified atom stereocenters. The Hall–Kier alpha value is -1.94. The summed E-state index contributed by atoms with van der Waals surface area (Å²) in [6, 6.07) is 12.9. The summed E-state index contributed by atoms with van der Waals surface area (Å²) in [6.45, 7) is 4.00. The second kappa shape index (κ2) is 5.21. The molecular weight excluding hydrogens is 271 g/mol. The van der Waals surface area contributed by atoms with E-state index in [1.165, 1.54) is 11.6 Å². The van der Waals surface area contributed by atoms with Crippen molar-refractivity contribution < 1.29 is 4.39 Å². The van der Waals surface area contributed by atoms with E-state index in [9.17, 15) is 4.39 Å². The average Bonchev–Trinajstić information content (AvgIpc) is 2.80. The van der Waals surface area contributed by atoms with Gasteiger partial charge in [-0.1, -0.05) is 35.6 Å². The minimum Gasteiger partial charge on any atom is -0.355 e. The molecule has 102 valence electrons. The molecule has 2 aromatic carbocycles. The highest BCUT2D eigenvalue weighted by Gasteiger charge is 2.12. The lowest BCUT2D eigenvalue weighted by Crippen LogP contribution is -2.08. The third-order valence-corrected chi connectivity index (χ3v) is 4.21. The fourth-order valence-corrected chi connectivity index (χ4v) is 3.23. The summed E-state index contributed by atoms with van der Waals surface area (Å²) in [5.74, 6) is -0.190. The van der Waals surface area contributed by atoms with E-state index in [0.29, 0.717) is 5.56 Å². The Labute approximate surface area is 121 Å². The Balaban J connectivity index is 1.87. The lowest BCUT2D eigenvalue weighted by atomic mass is 10.1. The zero-order chi connectivity index (χ0) is 14.1. The van der Waals surface area contributed by atoms with Crippen LogP contribution in [0.3, 0.4) is 0 Å². The molecule has 3 aromatic rings. The lowest BCUT2D eigenvalue weighted by Gasteiger charge is -2.13. The molecule has 0 aliphatic rings. The molecule has 4 heteroatoms. The highest BCUT2D eigenvalue weighted by molar-refractivity contribution is 7.22. The third-order valence-electron chi connectivity index (χ3n) is 3.26. The first-order chi connectivity index (χ1) is 9.63. The van der Waals surface area contributed by atoms with Crippen molar-refractivity contribution in [3.8, 4) is 0 Å². The largest absolute Gasteiger partial charge is 0.355 e. The monoisotopic (exact) mass is 286 g/mol. The molecule has 3 rings (SSSR count). The first-order valence-electron chi connectivity index (χ1n) is 6.51. The molecule has 0 radical (unpaired) electrons. The van der Waals surface area contributed by atoms with E-state index in [0.717, 1.165) is 15.3 Å². The highest BCUT2D eigenvalue weighted by Crippen LogP contribution is 2.29. The number of halogens is 1. The minimum absolute atomic E-state index is 0.113. The van der Waals surface area contributed by atoms with Crippen LogP contribution in [0.4, 0.5) is 9.52 Å². The van der Waals surface area contributed by atoms with Gasteiger partial charge in [-0.25, -0.2) is 9.37 Å². The molecule has 1 heterocycles. The van der Waals surface area contributed by atoms with Crippen LogP contribution in [-0.2, 0) is 0 Å². The van der Waals surface area contributed by atoms with E-state index in [1.807, 2.05) is 25.1 Å². The van der Waals surface area contributed by atoms with Crippen molar-refractivity contribution in [1.82, 2.24) is 4.98 Å². The van der Waals surface area contributed by atoms with E-state index in [1.54, 1.807) is 23.5 Å². The molecule has 0 saturated heterocycles. The number of aryl methyl sites for hydroxylation is 1. The Morgan fingerprint density at radius 2 is 2.00 bits per heavy atom. The first-order valence-corrected chi connectivity index (χ1v) is 7.33. The fraction of sp³-hybridized carbons (Fsp3) is 0.188. The molecule has 1 N–H and O–H groups in total. The van der Waals surface area contributed by atoms with E-state index in [-0.39, 0.29) is 11.9 Å². The van der Waals surface area contributed by atoms with Crippen molar-refractivity contribution >= 4 is 26.7 Å². The molecular formula is C16H15FN2S. The smallest absolute Gasteiger partial charge is 0.184 e. The van der Waals surface area contributed by atoms with Crippen molar-refractivity contribution in [3.63, 3.8) is 0 Å². The van der Waals surface area contributed by atoms with Crippen LogP contribution >= 0.6 is 11.3 Å². The SMILES string of the molecule is Cc1ccc2nc(NC(C)c3ccccc3F)sc2c1. The Bertz CT molecular complexity index is 751. The summed E-state index contributed by atoms with van der Waals surface area (Å²) in [7, 11) is 0. The fourth-order valence-electron chi connectivity index (χ4n) is 2.18. The van der Waals surface area contributed by atoms with Gasteiger partial charge in [0.05, 0.1) is 16.3 Å². The van der Waals surface area contributed by atoms with Crippen molar-refractivity contribution in [2.24, 2.45) is 0 Å². The maximum Gasteiger partial charge on any atom is 0.184 e. The van der Waals surface area contributed by atoms with Gasteiger partial charge in [-0.2, -0.15) is 0 Å². The topological polar surface area (TPSA) is 24.9 Å². The van der Waals surface area contributed by atoms with Gasteiger partial charge in [0.25, 0.3) is 0 Å². The van der Waals surface area contributed by atoms with Crippen LogP contribution < -0.4 is 5.32 Å². The zero-order valence-corrected chi connectivity index (χ0v) is 12.2. The van der Waals surface area contributed by atoms with Gasteiger partial charge in [0.15, 0.2) is 5.13 Å². The molecule has 0 amide bonds. The standard InChI is InChI=1S/C16H15FN2S/c1-10-7-8-14-15(9-10)20-16(19-14)18-11(2)12-5-3-4-6-13(12)17/h3-9,11H,1-2H3,(H,18,19). The molecule has 0 aliphatic carbocycles. The van der Waals surface area contributed by atoms with Crippen LogP contribution in [0.1, 0.15) is 24.1 Å². The number of hydrogen-bond acceptors (Lipinski definition) is 3. The molecule has 0 spiro atoms. The van der Waals surface area contributed by atoms with Gasteiger partial charge in [0.1, 0.15) is 5.82 Å². The number of aromatic nitrogens is 1. The zero-order valence-electron chi connectivity index (χ0n) is 11.4. The summed E-state index contributed by atoms with van der Waals surface area (Å²) < 4.78 is 14.9. The maximum atomic E-state index is 13.7. The predicted molar refractivity (Wildman–Crippen MR) is 82.8 cm³/mol. The summed E-state index contributed by atoms with van der Waals surface area (Å²) in [5.41, 5.74) is 2.85. The van der Waals surface area contributed by atoms with Gasteiger partial charge >= 0.3 is 0 Å². The molecule has 1 aromatic heterocycles.